The molecule has 13 heavy (non-hydrogen) atoms. The number of rotatable bonds is 4. The average Bonchev–Trinajstić information content (AvgIpc) is 2.87. The van der Waals surface area contributed by atoms with Gasteiger partial charge in [0.15, 0.2) is 0 Å². The second kappa shape index (κ2) is 4.46. The largest absolute Gasteiger partial charge is 0.331 e. The van der Waals surface area contributed by atoms with E-state index in [1.807, 2.05) is 4.90 Å². The molecule has 2 amide bonds. The number of hydrogen-bond acceptors (Lipinski definition) is 2. The van der Waals surface area contributed by atoms with E-state index in [9.17, 15) is 4.79 Å². The highest BCUT2D eigenvalue weighted by molar-refractivity contribution is 5.74. The van der Waals surface area contributed by atoms with Gasteiger partial charge in [-0.15, -0.1) is 0 Å². The van der Waals surface area contributed by atoms with Crippen LogP contribution < -0.4 is 11.3 Å². The number of urea groups is 1. The van der Waals surface area contributed by atoms with Gasteiger partial charge in [0, 0.05) is 12.6 Å². The highest BCUT2D eigenvalue weighted by Crippen LogP contribution is 2.27. The normalized spacial score (nSPS) is 16.0. The Labute approximate surface area is 79.4 Å². The lowest BCUT2D eigenvalue weighted by Gasteiger charge is -2.22. The number of nitrogens with two attached hydrogens (primary N) is 1. The van der Waals surface area contributed by atoms with Gasteiger partial charge in [-0.3, -0.25) is 5.43 Å². The lowest BCUT2D eigenvalue weighted by molar-refractivity contribution is 0.192. The standard InChI is InChI=1S/C9H19N3O/c1-7(2)5-6-12(8-3-4-8)9(13)11-10/h7-8H,3-6,10H2,1-2H3,(H,11,13). The van der Waals surface area contributed by atoms with E-state index in [4.69, 9.17) is 5.84 Å². The maximum Gasteiger partial charge on any atom is 0.331 e. The lowest BCUT2D eigenvalue weighted by Crippen LogP contribution is -2.45. The summed E-state index contributed by atoms with van der Waals surface area (Å²) in [6.07, 6.45) is 3.31. The molecule has 1 aliphatic rings. The molecule has 0 aromatic carbocycles. The summed E-state index contributed by atoms with van der Waals surface area (Å²) < 4.78 is 0. The first-order valence-corrected chi connectivity index (χ1v) is 4.92. The van der Waals surface area contributed by atoms with E-state index < -0.39 is 0 Å². The third-order valence-corrected chi connectivity index (χ3v) is 2.32. The minimum Gasteiger partial charge on any atom is -0.321 e. The first-order chi connectivity index (χ1) is 6.15. The zero-order valence-electron chi connectivity index (χ0n) is 8.42. The molecule has 1 saturated carbocycles. The molecule has 0 aromatic rings. The molecule has 1 fully saturated rings. The summed E-state index contributed by atoms with van der Waals surface area (Å²) in [5.41, 5.74) is 2.20. The van der Waals surface area contributed by atoms with E-state index in [1.54, 1.807) is 0 Å². The minimum absolute atomic E-state index is 0.136. The van der Waals surface area contributed by atoms with Crippen LogP contribution in [0.25, 0.3) is 0 Å². The summed E-state index contributed by atoms with van der Waals surface area (Å²) in [5.74, 6) is 5.74. The third kappa shape index (κ3) is 3.22. The molecular weight excluding hydrogens is 166 g/mol. The predicted molar refractivity (Wildman–Crippen MR) is 51.9 cm³/mol. The molecule has 0 saturated heterocycles. The van der Waals surface area contributed by atoms with Gasteiger partial charge in [0.1, 0.15) is 0 Å². The molecule has 0 heterocycles. The Morgan fingerprint density at radius 2 is 2.23 bits per heavy atom. The van der Waals surface area contributed by atoms with Crippen molar-refractivity contribution >= 4 is 6.03 Å². The Morgan fingerprint density at radius 1 is 1.62 bits per heavy atom. The quantitative estimate of drug-likeness (QED) is 0.391. The molecule has 4 nitrogen and oxygen atoms in total. The highest BCUT2D eigenvalue weighted by atomic mass is 16.2. The van der Waals surface area contributed by atoms with Crippen molar-refractivity contribution in [3.63, 3.8) is 0 Å². The molecule has 0 radical (unpaired) electrons. The fourth-order valence-corrected chi connectivity index (χ4v) is 1.32. The Bertz CT molecular complexity index is 178. The zero-order valence-corrected chi connectivity index (χ0v) is 8.42. The number of carbonyl (C=O) groups is 1. The van der Waals surface area contributed by atoms with Crippen LogP contribution >= 0.6 is 0 Å². The minimum atomic E-state index is -0.136. The van der Waals surface area contributed by atoms with Crippen molar-refractivity contribution in [2.45, 2.75) is 39.2 Å². The molecule has 4 heteroatoms. The van der Waals surface area contributed by atoms with Gasteiger partial charge in [-0.2, -0.15) is 0 Å². The fourth-order valence-electron chi connectivity index (χ4n) is 1.32. The van der Waals surface area contributed by atoms with Gasteiger partial charge in [0.25, 0.3) is 0 Å². The van der Waals surface area contributed by atoms with Gasteiger partial charge >= 0.3 is 6.03 Å². The zero-order chi connectivity index (χ0) is 9.84. The Hall–Kier alpha value is -0.770. The van der Waals surface area contributed by atoms with Crippen LogP contribution in [0.2, 0.25) is 0 Å². The van der Waals surface area contributed by atoms with E-state index in [1.165, 1.54) is 0 Å². The van der Waals surface area contributed by atoms with Crippen LogP contribution in [0.4, 0.5) is 4.79 Å². The summed E-state index contributed by atoms with van der Waals surface area (Å²) in [4.78, 5) is 13.1. The molecule has 3 N–H and O–H groups in total. The summed E-state index contributed by atoms with van der Waals surface area (Å²) >= 11 is 0. The van der Waals surface area contributed by atoms with Crippen molar-refractivity contribution < 1.29 is 4.79 Å². The number of nitrogens with zero attached hydrogens (tertiary/aromatic N) is 1. The number of nitrogens with one attached hydrogen (secondary N) is 1. The SMILES string of the molecule is CC(C)CCN(C(=O)NN)C1CC1. The maximum atomic E-state index is 11.3. The second-order valence-corrected chi connectivity index (χ2v) is 4.06. The van der Waals surface area contributed by atoms with Gasteiger partial charge in [-0.1, -0.05) is 13.8 Å². The summed E-state index contributed by atoms with van der Waals surface area (Å²) in [7, 11) is 0. The fraction of sp³-hybridized carbons (Fsp3) is 0.889. The van der Waals surface area contributed by atoms with Crippen molar-refractivity contribution in [1.82, 2.24) is 10.3 Å². The Kier molecular flexibility index (Phi) is 3.54. The van der Waals surface area contributed by atoms with Crippen LogP contribution in [0.3, 0.4) is 0 Å². The van der Waals surface area contributed by atoms with E-state index in [-0.39, 0.29) is 6.03 Å². The highest BCUT2D eigenvalue weighted by Gasteiger charge is 2.31. The van der Waals surface area contributed by atoms with Gasteiger partial charge in [-0.05, 0) is 25.2 Å². The maximum absolute atomic E-state index is 11.3. The van der Waals surface area contributed by atoms with Gasteiger partial charge in [0.2, 0.25) is 0 Å². The molecule has 0 spiro atoms. The predicted octanol–water partition coefficient (Wildman–Crippen LogP) is 1.08. The van der Waals surface area contributed by atoms with Crippen molar-refractivity contribution in [3.8, 4) is 0 Å². The first-order valence-electron chi connectivity index (χ1n) is 4.92. The van der Waals surface area contributed by atoms with Crippen LogP contribution in [-0.2, 0) is 0 Å². The van der Waals surface area contributed by atoms with Gasteiger partial charge < -0.3 is 4.90 Å². The van der Waals surface area contributed by atoms with Crippen LogP contribution in [0.15, 0.2) is 0 Å². The van der Waals surface area contributed by atoms with Crippen molar-refractivity contribution in [3.05, 3.63) is 0 Å². The van der Waals surface area contributed by atoms with E-state index in [0.717, 1.165) is 25.8 Å². The molecule has 0 aromatic heterocycles. The van der Waals surface area contributed by atoms with Gasteiger partial charge in [-0.25, -0.2) is 10.6 Å². The lowest BCUT2D eigenvalue weighted by atomic mass is 10.1. The Morgan fingerprint density at radius 3 is 2.62 bits per heavy atom. The Balaban J connectivity index is 2.33. The molecule has 76 valence electrons. The third-order valence-electron chi connectivity index (χ3n) is 2.32. The topological polar surface area (TPSA) is 58.4 Å². The second-order valence-electron chi connectivity index (χ2n) is 4.06. The van der Waals surface area contributed by atoms with Crippen LogP contribution in [0.5, 0.6) is 0 Å². The van der Waals surface area contributed by atoms with Gasteiger partial charge in [0.05, 0.1) is 0 Å². The van der Waals surface area contributed by atoms with Crippen molar-refractivity contribution in [2.24, 2.45) is 11.8 Å². The molecule has 0 unspecified atom stereocenters. The summed E-state index contributed by atoms with van der Waals surface area (Å²) in [6.45, 7) is 5.14. The summed E-state index contributed by atoms with van der Waals surface area (Å²) in [6, 6.07) is 0.311. The van der Waals surface area contributed by atoms with Crippen LogP contribution in [0, 0.1) is 5.92 Å². The monoisotopic (exact) mass is 185 g/mol. The molecule has 0 bridgehead atoms. The molecule has 1 aliphatic carbocycles. The molecule has 0 aliphatic heterocycles. The first kappa shape index (κ1) is 10.3. The van der Waals surface area contributed by atoms with Crippen LogP contribution in [0.1, 0.15) is 33.1 Å². The van der Waals surface area contributed by atoms with Crippen molar-refractivity contribution in [2.75, 3.05) is 6.54 Å². The smallest absolute Gasteiger partial charge is 0.321 e. The van der Waals surface area contributed by atoms with E-state index >= 15 is 0 Å². The summed E-state index contributed by atoms with van der Waals surface area (Å²) in [5, 5.41) is 0. The number of amides is 2. The molecule has 1 rings (SSSR count). The molecular formula is C9H19N3O. The van der Waals surface area contributed by atoms with E-state index in [0.29, 0.717) is 12.0 Å². The average molecular weight is 185 g/mol. The van der Waals surface area contributed by atoms with Crippen LogP contribution in [-0.4, -0.2) is 23.5 Å². The van der Waals surface area contributed by atoms with Crippen molar-refractivity contribution in [1.29, 1.82) is 0 Å². The molecule has 0 atom stereocenters. The number of hydrogen-bond donors (Lipinski definition) is 2. The number of hydrazine groups is 1. The number of carbonyl (C=O) groups excluding carboxylic acids is 1. The van der Waals surface area contributed by atoms with E-state index in [2.05, 4.69) is 19.3 Å².